The van der Waals surface area contributed by atoms with Gasteiger partial charge in [-0.1, -0.05) is 6.07 Å². The Hall–Kier alpha value is -1.54. The molecule has 0 unspecified atom stereocenters. The van der Waals surface area contributed by atoms with Crippen LogP contribution in [0.5, 0.6) is 0 Å². The van der Waals surface area contributed by atoms with Gasteiger partial charge in [-0.25, -0.2) is 22.3 Å². The van der Waals surface area contributed by atoms with Gasteiger partial charge in [0.1, 0.15) is 0 Å². The van der Waals surface area contributed by atoms with E-state index < -0.39 is 21.9 Å². The fraction of sp³-hybridized carbons (Fsp3) is 0.462. The lowest BCUT2D eigenvalue weighted by molar-refractivity contribution is -0.124. The molecule has 0 aromatic heterocycles. The fourth-order valence-electron chi connectivity index (χ4n) is 2.30. The monoisotopic (exact) mass is 318 g/mol. The van der Waals surface area contributed by atoms with E-state index in [0.29, 0.717) is 0 Å². The zero-order valence-electron chi connectivity index (χ0n) is 11.2. The second-order valence-corrected chi connectivity index (χ2v) is 6.75. The van der Waals surface area contributed by atoms with Gasteiger partial charge in [0, 0.05) is 24.4 Å². The molecular weight excluding hydrogens is 302 g/mol. The summed E-state index contributed by atoms with van der Waals surface area (Å²) in [6, 6.07) is 5.52. The highest BCUT2D eigenvalue weighted by molar-refractivity contribution is 7.89. The van der Waals surface area contributed by atoms with Crippen LogP contribution in [0.3, 0.4) is 0 Å². The van der Waals surface area contributed by atoms with Crippen molar-refractivity contribution in [1.82, 2.24) is 0 Å². The maximum Gasteiger partial charge on any atom is 0.248 e. The summed E-state index contributed by atoms with van der Waals surface area (Å²) in [5, 5.41) is 7.55. The lowest BCUT2D eigenvalue weighted by Gasteiger charge is -2.27. The van der Waals surface area contributed by atoms with Gasteiger partial charge in [-0.05, 0) is 31.0 Å². The number of amides is 1. The minimum Gasteiger partial charge on any atom is -0.326 e. The fourth-order valence-corrected chi connectivity index (χ4v) is 2.86. The predicted octanol–water partition coefficient (Wildman–Crippen LogP) is 2.10. The minimum atomic E-state index is -3.85. The van der Waals surface area contributed by atoms with Gasteiger partial charge in [0.25, 0.3) is 0 Å². The van der Waals surface area contributed by atoms with Gasteiger partial charge < -0.3 is 5.32 Å². The zero-order valence-corrected chi connectivity index (χ0v) is 12.0. The number of hydrogen-bond donors (Lipinski definition) is 2. The summed E-state index contributed by atoms with van der Waals surface area (Å²) >= 11 is 0. The van der Waals surface area contributed by atoms with Crippen LogP contribution in [0.2, 0.25) is 0 Å². The van der Waals surface area contributed by atoms with E-state index in [2.05, 4.69) is 5.32 Å². The maximum absolute atomic E-state index is 13.0. The van der Waals surface area contributed by atoms with Gasteiger partial charge in [-0.15, -0.1) is 0 Å². The molecule has 1 saturated carbocycles. The highest BCUT2D eigenvalue weighted by Crippen LogP contribution is 2.36. The topological polar surface area (TPSA) is 89.3 Å². The van der Waals surface area contributed by atoms with E-state index in [1.807, 2.05) is 0 Å². The Balaban J connectivity index is 2.04. The Morgan fingerprint density at radius 1 is 1.29 bits per heavy atom. The van der Waals surface area contributed by atoms with Crippen molar-refractivity contribution in [2.45, 2.75) is 36.5 Å². The van der Waals surface area contributed by atoms with E-state index in [4.69, 9.17) is 5.14 Å². The summed E-state index contributed by atoms with van der Waals surface area (Å²) < 4.78 is 48.5. The number of nitrogens with one attached hydrogen (secondary N) is 1. The third-order valence-corrected chi connectivity index (χ3v) is 4.43. The molecule has 0 aliphatic heterocycles. The van der Waals surface area contributed by atoms with Crippen molar-refractivity contribution in [3.8, 4) is 0 Å². The quantitative estimate of drug-likeness (QED) is 0.894. The zero-order chi connectivity index (χ0) is 15.7. The van der Waals surface area contributed by atoms with Gasteiger partial charge in [0.15, 0.2) is 0 Å². The van der Waals surface area contributed by atoms with Crippen LogP contribution in [-0.4, -0.2) is 20.2 Å². The first-order chi connectivity index (χ1) is 9.67. The van der Waals surface area contributed by atoms with Crippen LogP contribution in [0.15, 0.2) is 29.2 Å². The van der Waals surface area contributed by atoms with E-state index in [1.54, 1.807) is 0 Å². The molecule has 0 radical (unpaired) electrons. The molecule has 1 amide bonds. The van der Waals surface area contributed by atoms with Gasteiger partial charge in [0.2, 0.25) is 21.9 Å². The van der Waals surface area contributed by atoms with Gasteiger partial charge in [0.05, 0.1) is 4.90 Å². The van der Waals surface area contributed by atoms with Crippen molar-refractivity contribution < 1.29 is 22.0 Å². The molecule has 21 heavy (non-hydrogen) atoms. The van der Waals surface area contributed by atoms with E-state index in [9.17, 15) is 22.0 Å². The number of hydrogen-bond acceptors (Lipinski definition) is 3. The molecule has 1 fully saturated rings. The normalized spacial score (nSPS) is 19.2. The van der Waals surface area contributed by atoms with E-state index in [-0.39, 0.29) is 42.2 Å². The van der Waals surface area contributed by atoms with Crippen LogP contribution in [0, 0.1) is 5.92 Å². The number of alkyl halides is 2. The van der Waals surface area contributed by atoms with Gasteiger partial charge in [-0.3, -0.25) is 4.79 Å². The molecule has 0 heterocycles. The van der Waals surface area contributed by atoms with E-state index in [1.165, 1.54) is 24.3 Å². The summed E-state index contributed by atoms with van der Waals surface area (Å²) in [6.45, 7) is 0. The number of carbonyl (C=O) groups is 1. The van der Waals surface area contributed by atoms with Crippen molar-refractivity contribution in [2.75, 3.05) is 5.32 Å². The first kappa shape index (κ1) is 15.8. The number of rotatable bonds is 3. The molecule has 1 aromatic carbocycles. The van der Waals surface area contributed by atoms with Crippen LogP contribution in [0.4, 0.5) is 14.5 Å². The largest absolute Gasteiger partial charge is 0.326 e. The summed E-state index contributed by atoms with van der Waals surface area (Å²) in [4.78, 5) is 11.9. The summed E-state index contributed by atoms with van der Waals surface area (Å²) in [5.41, 5.74) is 0.281. The summed E-state index contributed by atoms with van der Waals surface area (Å²) in [5.74, 6) is -3.55. The SMILES string of the molecule is NS(=O)(=O)c1cccc(NC(=O)C2CCC(F)(F)CC2)c1. The highest BCUT2D eigenvalue weighted by Gasteiger charge is 2.37. The standard InChI is InChI=1S/C13H16F2N2O3S/c14-13(15)6-4-9(5-7-13)12(18)17-10-2-1-3-11(8-10)21(16,19)20/h1-3,8-9H,4-7H2,(H,17,18)(H2,16,19,20). The number of halogens is 2. The Morgan fingerprint density at radius 2 is 1.90 bits per heavy atom. The Kier molecular flexibility index (Phi) is 4.29. The Morgan fingerprint density at radius 3 is 2.48 bits per heavy atom. The Bertz CT molecular complexity index is 637. The van der Waals surface area contributed by atoms with E-state index >= 15 is 0 Å². The molecule has 1 aliphatic carbocycles. The Labute approximate surface area is 121 Å². The van der Waals surface area contributed by atoms with Gasteiger partial charge in [-0.2, -0.15) is 0 Å². The van der Waals surface area contributed by atoms with Crippen molar-refractivity contribution in [3.05, 3.63) is 24.3 Å². The molecule has 5 nitrogen and oxygen atoms in total. The second-order valence-electron chi connectivity index (χ2n) is 5.19. The van der Waals surface area contributed by atoms with Crippen LogP contribution < -0.4 is 10.5 Å². The van der Waals surface area contributed by atoms with Crippen LogP contribution in [0.25, 0.3) is 0 Å². The average Bonchev–Trinajstić information content (AvgIpc) is 2.37. The molecule has 1 aromatic rings. The molecule has 0 atom stereocenters. The van der Waals surface area contributed by atoms with Crippen molar-refractivity contribution >= 4 is 21.6 Å². The third-order valence-electron chi connectivity index (χ3n) is 3.52. The lowest BCUT2D eigenvalue weighted by atomic mass is 9.86. The van der Waals surface area contributed by atoms with Crippen molar-refractivity contribution in [1.29, 1.82) is 0 Å². The molecule has 3 N–H and O–H groups in total. The second kappa shape index (κ2) is 5.69. The van der Waals surface area contributed by atoms with Crippen molar-refractivity contribution in [3.63, 3.8) is 0 Å². The maximum atomic E-state index is 13.0. The third kappa shape index (κ3) is 4.21. The molecule has 0 saturated heterocycles. The van der Waals surface area contributed by atoms with Crippen molar-refractivity contribution in [2.24, 2.45) is 11.1 Å². The molecule has 2 rings (SSSR count). The molecule has 8 heteroatoms. The van der Waals surface area contributed by atoms with E-state index in [0.717, 1.165) is 0 Å². The number of primary sulfonamides is 1. The minimum absolute atomic E-state index is 0.115. The molecule has 0 bridgehead atoms. The number of benzene rings is 1. The lowest BCUT2D eigenvalue weighted by Crippen LogP contribution is -2.31. The number of carbonyl (C=O) groups excluding carboxylic acids is 1. The smallest absolute Gasteiger partial charge is 0.248 e. The van der Waals surface area contributed by atoms with Crippen LogP contribution in [-0.2, 0) is 14.8 Å². The van der Waals surface area contributed by atoms with Crippen LogP contribution >= 0.6 is 0 Å². The number of anilines is 1. The molecular formula is C13H16F2N2O3S. The molecule has 116 valence electrons. The first-order valence-electron chi connectivity index (χ1n) is 6.49. The van der Waals surface area contributed by atoms with Gasteiger partial charge >= 0.3 is 0 Å². The number of nitrogens with two attached hydrogens (primary N) is 1. The summed E-state index contributed by atoms with van der Waals surface area (Å²) in [6.07, 6.45) is -0.369. The highest BCUT2D eigenvalue weighted by atomic mass is 32.2. The predicted molar refractivity (Wildman–Crippen MR) is 73.3 cm³/mol. The molecule has 0 spiro atoms. The van der Waals surface area contributed by atoms with Crippen LogP contribution in [0.1, 0.15) is 25.7 Å². The average molecular weight is 318 g/mol. The molecule has 1 aliphatic rings. The summed E-state index contributed by atoms with van der Waals surface area (Å²) in [7, 11) is -3.85. The number of sulfonamides is 1. The first-order valence-corrected chi connectivity index (χ1v) is 8.04.